The molecule has 1 aromatic carbocycles. The Morgan fingerprint density at radius 2 is 1.84 bits per heavy atom. The summed E-state index contributed by atoms with van der Waals surface area (Å²) in [4.78, 5) is 12.0. The van der Waals surface area contributed by atoms with Crippen LogP contribution in [0, 0.1) is 5.92 Å². The highest BCUT2D eigenvalue weighted by molar-refractivity contribution is 6.46. The third-order valence-corrected chi connectivity index (χ3v) is 3.89. The first-order valence-corrected chi connectivity index (χ1v) is 7.07. The van der Waals surface area contributed by atoms with Crippen LogP contribution in [0.2, 0.25) is 15.1 Å². The summed E-state index contributed by atoms with van der Waals surface area (Å²) in [6, 6.07) is 3.05. The predicted molar refractivity (Wildman–Crippen MR) is 79.3 cm³/mol. The molecular weight excluding hydrogens is 309 g/mol. The number of hydrogen-bond donors (Lipinski definition) is 2. The molecule has 0 spiro atoms. The zero-order chi connectivity index (χ0) is 14.6. The van der Waals surface area contributed by atoms with Crippen LogP contribution >= 0.6 is 34.8 Å². The van der Waals surface area contributed by atoms with E-state index in [4.69, 9.17) is 34.8 Å². The van der Waals surface area contributed by atoms with E-state index < -0.39 is 12.0 Å². The first-order chi connectivity index (χ1) is 8.84. The van der Waals surface area contributed by atoms with Gasteiger partial charge in [0.25, 0.3) is 5.91 Å². The van der Waals surface area contributed by atoms with E-state index in [0.29, 0.717) is 13.0 Å². The van der Waals surface area contributed by atoms with Gasteiger partial charge in [0, 0.05) is 6.54 Å². The average molecular weight is 325 g/mol. The van der Waals surface area contributed by atoms with E-state index in [9.17, 15) is 9.90 Å². The number of nitrogens with one attached hydrogen (secondary N) is 1. The van der Waals surface area contributed by atoms with Gasteiger partial charge in [-0.3, -0.25) is 4.79 Å². The minimum atomic E-state index is -0.453. The molecule has 19 heavy (non-hydrogen) atoms. The number of rotatable bonds is 5. The van der Waals surface area contributed by atoms with Crippen LogP contribution in [0.25, 0.3) is 0 Å². The summed E-state index contributed by atoms with van der Waals surface area (Å²) < 4.78 is 0. The lowest BCUT2D eigenvalue weighted by Crippen LogP contribution is -2.29. The van der Waals surface area contributed by atoms with E-state index in [2.05, 4.69) is 5.32 Å². The standard InChI is InChI=1S/C13H16Cl3NO2/c1-7(2)10(18)5-6-17-13(19)11-8(14)3-4-9(15)12(11)16/h3-4,7,10,18H,5-6H2,1-2H3,(H,17,19). The minimum absolute atomic E-state index is 0.135. The molecule has 0 radical (unpaired) electrons. The van der Waals surface area contributed by atoms with Gasteiger partial charge in [-0.15, -0.1) is 0 Å². The molecule has 3 nitrogen and oxygen atoms in total. The van der Waals surface area contributed by atoms with Gasteiger partial charge in [-0.1, -0.05) is 48.7 Å². The molecule has 1 atom stereocenters. The maximum Gasteiger partial charge on any atom is 0.254 e. The second-order valence-electron chi connectivity index (χ2n) is 4.57. The first-order valence-electron chi connectivity index (χ1n) is 5.94. The molecule has 106 valence electrons. The molecule has 2 N–H and O–H groups in total. The minimum Gasteiger partial charge on any atom is -0.393 e. The summed E-state index contributed by atoms with van der Waals surface area (Å²) in [5, 5.41) is 13.0. The SMILES string of the molecule is CC(C)C(O)CCNC(=O)c1c(Cl)ccc(Cl)c1Cl. The van der Waals surface area contributed by atoms with E-state index in [-0.39, 0.29) is 26.5 Å². The molecule has 0 bridgehead atoms. The molecule has 1 aromatic rings. The van der Waals surface area contributed by atoms with Crippen molar-refractivity contribution in [3.8, 4) is 0 Å². The number of aliphatic hydroxyl groups is 1. The van der Waals surface area contributed by atoms with E-state index in [0.717, 1.165) is 0 Å². The van der Waals surface area contributed by atoms with Gasteiger partial charge in [0.15, 0.2) is 0 Å². The maximum absolute atomic E-state index is 12.0. The molecule has 0 aromatic heterocycles. The molecule has 0 saturated heterocycles. The Morgan fingerprint density at radius 3 is 2.42 bits per heavy atom. The van der Waals surface area contributed by atoms with Gasteiger partial charge in [-0.05, 0) is 24.5 Å². The van der Waals surface area contributed by atoms with Gasteiger partial charge in [-0.25, -0.2) is 0 Å². The van der Waals surface area contributed by atoms with Crippen molar-refractivity contribution in [1.29, 1.82) is 0 Å². The number of hydrogen-bond acceptors (Lipinski definition) is 2. The molecule has 0 aliphatic rings. The Labute approximate surface area is 127 Å². The second kappa shape index (κ2) is 7.34. The highest BCUT2D eigenvalue weighted by atomic mass is 35.5. The first kappa shape index (κ1) is 16.6. The topological polar surface area (TPSA) is 49.3 Å². The van der Waals surface area contributed by atoms with Crippen LogP contribution in [0.15, 0.2) is 12.1 Å². The lowest BCUT2D eigenvalue weighted by Gasteiger charge is -2.15. The number of benzene rings is 1. The summed E-state index contributed by atoms with van der Waals surface area (Å²) in [5.41, 5.74) is 0.162. The highest BCUT2D eigenvalue weighted by Crippen LogP contribution is 2.31. The summed E-state index contributed by atoms with van der Waals surface area (Å²) in [6.45, 7) is 4.17. The van der Waals surface area contributed by atoms with E-state index in [1.54, 1.807) is 0 Å². The highest BCUT2D eigenvalue weighted by Gasteiger charge is 2.17. The zero-order valence-electron chi connectivity index (χ0n) is 10.7. The number of carbonyl (C=O) groups is 1. The Bertz CT molecular complexity index is 463. The summed E-state index contributed by atoms with van der Waals surface area (Å²) >= 11 is 17.7. The summed E-state index contributed by atoms with van der Waals surface area (Å²) in [5.74, 6) is -0.247. The third-order valence-electron chi connectivity index (χ3n) is 2.77. The molecule has 0 aliphatic heterocycles. The van der Waals surface area contributed by atoms with Gasteiger partial charge < -0.3 is 10.4 Å². The number of amides is 1. The molecule has 1 amide bonds. The lowest BCUT2D eigenvalue weighted by atomic mass is 10.0. The monoisotopic (exact) mass is 323 g/mol. The van der Waals surface area contributed by atoms with Crippen molar-refractivity contribution in [2.75, 3.05) is 6.54 Å². The molecule has 0 saturated carbocycles. The van der Waals surface area contributed by atoms with Crippen molar-refractivity contribution >= 4 is 40.7 Å². The van der Waals surface area contributed by atoms with Crippen molar-refractivity contribution in [3.63, 3.8) is 0 Å². The van der Waals surface area contributed by atoms with Crippen LogP contribution in [0.4, 0.5) is 0 Å². The van der Waals surface area contributed by atoms with E-state index >= 15 is 0 Å². The third kappa shape index (κ3) is 4.53. The van der Waals surface area contributed by atoms with Crippen molar-refractivity contribution in [2.45, 2.75) is 26.4 Å². The molecule has 1 rings (SSSR count). The fourth-order valence-electron chi connectivity index (χ4n) is 1.49. The maximum atomic E-state index is 12.0. The zero-order valence-corrected chi connectivity index (χ0v) is 13.0. The predicted octanol–water partition coefficient (Wildman–Crippen LogP) is 3.78. The molecule has 0 heterocycles. The molecule has 6 heteroatoms. The van der Waals surface area contributed by atoms with Crippen molar-refractivity contribution in [1.82, 2.24) is 5.32 Å². The summed E-state index contributed by atoms with van der Waals surface area (Å²) in [6.07, 6.45) is 0.0183. The van der Waals surface area contributed by atoms with Crippen LogP contribution in [-0.4, -0.2) is 23.7 Å². The largest absolute Gasteiger partial charge is 0.393 e. The smallest absolute Gasteiger partial charge is 0.254 e. The normalized spacial score (nSPS) is 12.6. The van der Waals surface area contributed by atoms with Crippen LogP contribution in [-0.2, 0) is 0 Å². The van der Waals surface area contributed by atoms with Crippen LogP contribution in [0.3, 0.4) is 0 Å². The van der Waals surface area contributed by atoms with Gasteiger partial charge in [0.2, 0.25) is 0 Å². The van der Waals surface area contributed by atoms with Gasteiger partial charge in [0.05, 0.1) is 26.7 Å². The second-order valence-corrected chi connectivity index (χ2v) is 5.77. The van der Waals surface area contributed by atoms with Crippen LogP contribution in [0.1, 0.15) is 30.6 Å². The number of halogens is 3. The lowest BCUT2D eigenvalue weighted by molar-refractivity contribution is 0.0920. The van der Waals surface area contributed by atoms with Crippen molar-refractivity contribution in [2.24, 2.45) is 5.92 Å². The fraction of sp³-hybridized carbons (Fsp3) is 0.462. The quantitative estimate of drug-likeness (QED) is 0.810. The van der Waals surface area contributed by atoms with Gasteiger partial charge in [-0.2, -0.15) is 0 Å². The number of carbonyl (C=O) groups excluding carboxylic acids is 1. The Balaban J connectivity index is 2.67. The van der Waals surface area contributed by atoms with Crippen molar-refractivity contribution in [3.05, 3.63) is 32.8 Å². The Morgan fingerprint density at radius 1 is 1.26 bits per heavy atom. The van der Waals surface area contributed by atoms with Crippen LogP contribution in [0.5, 0.6) is 0 Å². The fourth-order valence-corrected chi connectivity index (χ4v) is 2.19. The van der Waals surface area contributed by atoms with Crippen molar-refractivity contribution < 1.29 is 9.90 Å². The van der Waals surface area contributed by atoms with E-state index in [1.807, 2.05) is 13.8 Å². The average Bonchev–Trinajstić information content (AvgIpc) is 2.34. The molecule has 0 aliphatic carbocycles. The molecule has 1 unspecified atom stereocenters. The molecular formula is C13H16Cl3NO2. The Kier molecular flexibility index (Phi) is 6.40. The molecule has 0 fully saturated rings. The van der Waals surface area contributed by atoms with Crippen LogP contribution < -0.4 is 5.32 Å². The van der Waals surface area contributed by atoms with E-state index in [1.165, 1.54) is 12.1 Å². The Hall–Kier alpha value is -0.480. The number of aliphatic hydroxyl groups excluding tert-OH is 1. The summed E-state index contributed by atoms with van der Waals surface area (Å²) in [7, 11) is 0. The van der Waals surface area contributed by atoms with Gasteiger partial charge in [0.1, 0.15) is 0 Å². The van der Waals surface area contributed by atoms with Gasteiger partial charge >= 0.3 is 0 Å².